The van der Waals surface area contributed by atoms with Gasteiger partial charge in [-0.15, -0.1) is 0 Å². The van der Waals surface area contributed by atoms with Gasteiger partial charge in [-0.3, -0.25) is 19.3 Å². The molecule has 136 valence electrons. The summed E-state index contributed by atoms with van der Waals surface area (Å²) in [4.78, 5) is 38.9. The average Bonchev–Trinajstić information content (AvgIpc) is 2.94. The van der Waals surface area contributed by atoms with Gasteiger partial charge in [-0.05, 0) is 48.9 Å². The summed E-state index contributed by atoms with van der Waals surface area (Å²) < 4.78 is 5.08. The minimum atomic E-state index is -0.216. The van der Waals surface area contributed by atoms with Gasteiger partial charge < -0.3 is 10.1 Å². The Balaban J connectivity index is 1.36. The SMILES string of the molecule is COc1ccc(NC(=O)CCN2C(=O)[C@H]3[C@H](C2=O)[C@H]2C=C[C@H]3CC2)cc1. The molecule has 6 nitrogen and oxygen atoms in total. The van der Waals surface area contributed by atoms with Gasteiger partial charge in [0, 0.05) is 18.7 Å². The van der Waals surface area contributed by atoms with Crippen LogP contribution in [0.4, 0.5) is 5.69 Å². The third-order valence-electron chi connectivity index (χ3n) is 5.79. The predicted molar refractivity (Wildman–Crippen MR) is 95.3 cm³/mol. The van der Waals surface area contributed by atoms with Gasteiger partial charge in [0.15, 0.2) is 0 Å². The van der Waals surface area contributed by atoms with E-state index in [1.807, 2.05) is 0 Å². The molecule has 26 heavy (non-hydrogen) atoms. The second-order valence-corrected chi connectivity index (χ2v) is 7.20. The highest BCUT2D eigenvalue weighted by Gasteiger charge is 2.56. The van der Waals surface area contributed by atoms with Crippen molar-refractivity contribution in [3.63, 3.8) is 0 Å². The molecule has 1 aliphatic heterocycles. The van der Waals surface area contributed by atoms with Crippen LogP contribution < -0.4 is 10.1 Å². The number of anilines is 1. The van der Waals surface area contributed by atoms with Crippen molar-refractivity contribution < 1.29 is 19.1 Å². The number of benzene rings is 1. The van der Waals surface area contributed by atoms with E-state index in [4.69, 9.17) is 4.74 Å². The van der Waals surface area contributed by atoms with E-state index >= 15 is 0 Å². The summed E-state index contributed by atoms with van der Waals surface area (Å²) >= 11 is 0. The summed E-state index contributed by atoms with van der Waals surface area (Å²) in [5.74, 6) is 0.229. The molecular formula is C20H22N2O4. The number of amides is 3. The zero-order valence-corrected chi connectivity index (χ0v) is 14.7. The fourth-order valence-corrected chi connectivity index (χ4v) is 4.47. The molecule has 1 aromatic carbocycles. The molecule has 1 aromatic rings. The largest absolute Gasteiger partial charge is 0.497 e. The normalized spacial score (nSPS) is 29.0. The number of nitrogens with one attached hydrogen (secondary N) is 1. The van der Waals surface area contributed by atoms with Crippen molar-refractivity contribution in [2.45, 2.75) is 19.3 Å². The number of carbonyl (C=O) groups is 3. The van der Waals surface area contributed by atoms with Gasteiger partial charge in [0.1, 0.15) is 5.75 Å². The fraction of sp³-hybridized carbons (Fsp3) is 0.450. The summed E-state index contributed by atoms with van der Waals surface area (Å²) in [6, 6.07) is 7.02. The Morgan fingerprint density at radius 3 is 2.15 bits per heavy atom. The van der Waals surface area contributed by atoms with Crippen LogP contribution in [-0.2, 0) is 14.4 Å². The second-order valence-electron chi connectivity index (χ2n) is 7.20. The number of hydrogen-bond acceptors (Lipinski definition) is 4. The number of nitrogens with zero attached hydrogens (tertiary/aromatic N) is 1. The van der Waals surface area contributed by atoms with Gasteiger partial charge in [-0.2, -0.15) is 0 Å². The Kier molecular flexibility index (Phi) is 4.26. The molecule has 3 amide bonds. The van der Waals surface area contributed by atoms with Crippen molar-refractivity contribution in [1.29, 1.82) is 0 Å². The summed E-state index contributed by atoms with van der Waals surface area (Å²) in [5, 5.41) is 2.78. The molecule has 6 heteroatoms. The lowest BCUT2D eigenvalue weighted by Crippen LogP contribution is -2.38. The molecule has 4 atom stereocenters. The minimum absolute atomic E-state index is 0.101. The maximum Gasteiger partial charge on any atom is 0.233 e. The van der Waals surface area contributed by atoms with E-state index in [2.05, 4.69) is 17.5 Å². The number of ether oxygens (including phenoxy) is 1. The van der Waals surface area contributed by atoms with Crippen LogP contribution in [0.5, 0.6) is 5.75 Å². The molecule has 0 aromatic heterocycles. The van der Waals surface area contributed by atoms with E-state index in [0.717, 1.165) is 12.8 Å². The molecule has 0 radical (unpaired) electrons. The molecular weight excluding hydrogens is 332 g/mol. The van der Waals surface area contributed by atoms with Crippen LogP contribution in [-0.4, -0.2) is 36.3 Å². The van der Waals surface area contributed by atoms with E-state index in [-0.39, 0.29) is 54.4 Å². The molecule has 0 spiro atoms. The summed E-state index contributed by atoms with van der Waals surface area (Å²) in [6.07, 6.45) is 6.26. The molecule has 2 fully saturated rings. The highest BCUT2D eigenvalue weighted by Crippen LogP contribution is 2.49. The number of imide groups is 1. The lowest BCUT2D eigenvalue weighted by atomic mass is 9.63. The van der Waals surface area contributed by atoms with Gasteiger partial charge in [-0.1, -0.05) is 12.2 Å². The monoisotopic (exact) mass is 354 g/mol. The Morgan fingerprint density at radius 1 is 1.08 bits per heavy atom. The molecule has 1 saturated carbocycles. The molecule has 1 heterocycles. The zero-order chi connectivity index (χ0) is 18.3. The van der Waals surface area contributed by atoms with Gasteiger partial charge in [0.05, 0.1) is 18.9 Å². The van der Waals surface area contributed by atoms with Gasteiger partial charge in [0.2, 0.25) is 17.7 Å². The number of likely N-dealkylation sites (tertiary alicyclic amines) is 1. The molecule has 2 bridgehead atoms. The van der Waals surface area contributed by atoms with Crippen LogP contribution in [0.15, 0.2) is 36.4 Å². The summed E-state index contributed by atoms with van der Waals surface area (Å²) in [7, 11) is 1.58. The minimum Gasteiger partial charge on any atom is -0.497 e. The van der Waals surface area contributed by atoms with Crippen LogP contribution in [0, 0.1) is 23.7 Å². The predicted octanol–water partition coefficient (Wildman–Crippen LogP) is 2.22. The maximum absolute atomic E-state index is 12.7. The first-order valence-corrected chi connectivity index (χ1v) is 9.06. The average molecular weight is 354 g/mol. The Morgan fingerprint density at radius 2 is 1.65 bits per heavy atom. The van der Waals surface area contributed by atoms with Crippen LogP contribution in [0.25, 0.3) is 0 Å². The van der Waals surface area contributed by atoms with Crippen LogP contribution in [0.2, 0.25) is 0 Å². The number of methoxy groups -OCH3 is 1. The molecule has 0 unspecified atom stereocenters. The van der Waals surface area contributed by atoms with E-state index in [0.29, 0.717) is 11.4 Å². The Hall–Kier alpha value is -2.63. The summed E-state index contributed by atoms with van der Waals surface area (Å²) in [6.45, 7) is 0.145. The number of carbonyl (C=O) groups excluding carboxylic acids is 3. The number of allylic oxidation sites excluding steroid dienone is 2. The molecule has 4 aliphatic rings. The van der Waals surface area contributed by atoms with Crippen molar-refractivity contribution in [2.24, 2.45) is 23.7 Å². The lowest BCUT2D eigenvalue weighted by Gasteiger charge is -2.38. The standard InChI is InChI=1S/C20H22N2O4/c1-26-15-8-6-14(7-9-15)21-16(23)10-11-22-19(24)17-12-2-3-13(5-4-12)18(17)20(22)25/h2-3,6-9,12-13,17-18H,4-5,10-11H2,1H3,(H,21,23)/t12-,13-,17+,18+/m0/s1. The van der Waals surface area contributed by atoms with E-state index in [1.165, 1.54) is 4.90 Å². The number of fused-ring (bicyclic) bond motifs is 1. The lowest BCUT2D eigenvalue weighted by molar-refractivity contribution is -0.140. The third kappa shape index (κ3) is 2.79. The smallest absolute Gasteiger partial charge is 0.233 e. The fourth-order valence-electron chi connectivity index (χ4n) is 4.47. The highest BCUT2D eigenvalue weighted by atomic mass is 16.5. The number of rotatable bonds is 5. The van der Waals surface area contributed by atoms with Crippen molar-refractivity contribution in [1.82, 2.24) is 4.90 Å². The van der Waals surface area contributed by atoms with E-state index < -0.39 is 0 Å². The Labute approximate surface area is 152 Å². The molecule has 1 N–H and O–H groups in total. The van der Waals surface area contributed by atoms with E-state index in [9.17, 15) is 14.4 Å². The van der Waals surface area contributed by atoms with Gasteiger partial charge in [0.25, 0.3) is 0 Å². The van der Waals surface area contributed by atoms with E-state index in [1.54, 1.807) is 31.4 Å². The quantitative estimate of drug-likeness (QED) is 0.650. The van der Waals surface area contributed by atoms with Crippen molar-refractivity contribution in [2.75, 3.05) is 19.0 Å². The zero-order valence-electron chi connectivity index (χ0n) is 14.7. The maximum atomic E-state index is 12.7. The second kappa shape index (κ2) is 6.59. The van der Waals surface area contributed by atoms with Crippen LogP contribution in [0.3, 0.4) is 0 Å². The van der Waals surface area contributed by atoms with Gasteiger partial charge >= 0.3 is 0 Å². The van der Waals surface area contributed by atoms with Crippen LogP contribution >= 0.6 is 0 Å². The highest BCUT2D eigenvalue weighted by molar-refractivity contribution is 6.06. The van der Waals surface area contributed by atoms with Crippen molar-refractivity contribution in [3.05, 3.63) is 36.4 Å². The van der Waals surface area contributed by atoms with Crippen molar-refractivity contribution >= 4 is 23.4 Å². The molecule has 5 rings (SSSR count). The third-order valence-corrected chi connectivity index (χ3v) is 5.79. The molecule has 3 aliphatic carbocycles. The first-order valence-electron chi connectivity index (χ1n) is 9.06. The summed E-state index contributed by atoms with van der Waals surface area (Å²) in [5.41, 5.74) is 0.658. The Bertz CT molecular complexity index is 739. The van der Waals surface area contributed by atoms with Gasteiger partial charge in [-0.25, -0.2) is 0 Å². The van der Waals surface area contributed by atoms with Crippen LogP contribution in [0.1, 0.15) is 19.3 Å². The topological polar surface area (TPSA) is 75.7 Å². The number of hydrogen-bond donors (Lipinski definition) is 1. The first kappa shape index (κ1) is 16.8. The molecule has 1 saturated heterocycles. The van der Waals surface area contributed by atoms with Crippen molar-refractivity contribution in [3.8, 4) is 5.75 Å². The first-order chi connectivity index (χ1) is 12.6.